The number of aliphatic hydroxyl groups excluding tert-OH is 1. The molecule has 0 amide bonds. The van der Waals surface area contributed by atoms with Crippen molar-refractivity contribution < 1.29 is 9.84 Å². The largest absolute Gasteiger partial charge is 0.489 e. The number of ether oxygens (including phenoxy) is 1. The standard InChI is InChI=1S/C23H24O2/c1-2-7-18-12-14-20(15-13-18)23(24)21-10-6-11-22(16-21)25-17-19-8-4-3-5-9-19/h3-6,8-16,23-24H,2,7,17H2,1H3. The van der Waals surface area contributed by atoms with Gasteiger partial charge in [0.2, 0.25) is 0 Å². The van der Waals surface area contributed by atoms with E-state index >= 15 is 0 Å². The molecule has 3 aromatic carbocycles. The van der Waals surface area contributed by atoms with Crippen molar-refractivity contribution in [3.63, 3.8) is 0 Å². The Hall–Kier alpha value is -2.58. The van der Waals surface area contributed by atoms with Gasteiger partial charge < -0.3 is 9.84 Å². The Morgan fingerprint density at radius 3 is 2.28 bits per heavy atom. The van der Waals surface area contributed by atoms with Crippen LogP contribution < -0.4 is 4.74 Å². The average molecular weight is 332 g/mol. The quantitative estimate of drug-likeness (QED) is 0.636. The van der Waals surface area contributed by atoms with Gasteiger partial charge in [-0.1, -0.05) is 80.1 Å². The monoisotopic (exact) mass is 332 g/mol. The molecule has 0 aromatic heterocycles. The van der Waals surface area contributed by atoms with Gasteiger partial charge in [0, 0.05) is 0 Å². The molecule has 0 saturated carbocycles. The molecule has 0 fully saturated rings. The van der Waals surface area contributed by atoms with Gasteiger partial charge in [0.15, 0.2) is 0 Å². The van der Waals surface area contributed by atoms with Gasteiger partial charge in [-0.15, -0.1) is 0 Å². The fourth-order valence-electron chi connectivity index (χ4n) is 2.86. The fourth-order valence-corrected chi connectivity index (χ4v) is 2.86. The lowest BCUT2D eigenvalue weighted by Crippen LogP contribution is -2.01. The smallest absolute Gasteiger partial charge is 0.120 e. The Morgan fingerprint density at radius 1 is 0.800 bits per heavy atom. The van der Waals surface area contributed by atoms with Crippen LogP contribution in [0.15, 0.2) is 78.9 Å². The summed E-state index contributed by atoms with van der Waals surface area (Å²) >= 11 is 0. The van der Waals surface area contributed by atoms with Crippen LogP contribution in [0.3, 0.4) is 0 Å². The molecule has 0 saturated heterocycles. The molecule has 0 bridgehead atoms. The van der Waals surface area contributed by atoms with Crippen molar-refractivity contribution >= 4 is 0 Å². The van der Waals surface area contributed by atoms with E-state index in [0.29, 0.717) is 6.61 Å². The molecule has 0 aliphatic carbocycles. The lowest BCUT2D eigenvalue weighted by molar-refractivity contribution is 0.219. The molecular formula is C23H24O2. The third kappa shape index (κ3) is 4.71. The van der Waals surface area contributed by atoms with Gasteiger partial charge in [-0.05, 0) is 40.8 Å². The van der Waals surface area contributed by atoms with E-state index in [1.807, 2.05) is 66.7 Å². The Morgan fingerprint density at radius 2 is 1.56 bits per heavy atom. The molecule has 2 nitrogen and oxygen atoms in total. The lowest BCUT2D eigenvalue weighted by Gasteiger charge is -2.14. The number of rotatable bonds is 7. The van der Waals surface area contributed by atoms with Gasteiger partial charge in [-0.2, -0.15) is 0 Å². The minimum atomic E-state index is -0.643. The summed E-state index contributed by atoms with van der Waals surface area (Å²) in [6.45, 7) is 2.69. The van der Waals surface area contributed by atoms with Crippen molar-refractivity contribution in [2.45, 2.75) is 32.5 Å². The highest BCUT2D eigenvalue weighted by molar-refractivity contribution is 5.36. The van der Waals surface area contributed by atoms with Crippen LogP contribution in [-0.4, -0.2) is 5.11 Å². The summed E-state index contributed by atoms with van der Waals surface area (Å²) in [4.78, 5) is 0. The summed E-state index contributed by atoms with van der Waals surface area (Å²) in [7, 11) is 0. The molecule has 0 aliphatic heterocycles. The first kappa shape index (κ1) is 17.2. The van der Waals surface area contributed by atoms with Crippen molar-refractivity contribution in [2.24, 2.45) is 0 Å². The van der Waals surface area contributed by atoms with E-state index < -0.39 is 6.10 Å². The number of hydrogen-bond acceptors (Lipinski definition) is 2. The average Bonchev–Trinajstić information content (AvgIpc) is 2.68. The molecule has 0 spiro atoms. The molecule has 0 radical (unpaired) electrons. The van der Waals surface area contributed by atoms with Crippen molar-refractivity contribution in [1.82, 2.24) is 0 Å². The van der Waals surface area contributed by atoms with Crippen molar-refractivity contribution in [2.75, 3.05) is 0 Å². The first-order valence-electron chi connectivity index (χ1n) is 8.80. The zero-order chi connectivity index (χ0) is 17.5. The van der Waals surface area contributed by atoms with Crippen LogP contribution in [0, 0.1) is 0 Å². The van der Waals surface area contributed by atoms with E-state index in [1.165, 1.54) is 5.56 Å². The molecule has 128 valence electrons. The SMILES string of the molecule is CCCc1ccc(C(O)c2cccc(OCc3ccccc3)c2)cc1. The zero-order valence-electron chi connectivity index (χ0n) is 14.6. The maximum absolute atomic E-state index is 10.7. The molecule has 1 unspecified atom stereocenters. The fraction of sp³-hybridized carbons (Fsp3) is 0.217. The van der Waals surface area contributed by atoms with Crippen molar-refractivity contribution in [3.8, 4) is 5.75 Å². The molecule has 0 heterocycles. The first-order valence-corrected chi connectivity index (χ1v) is 8.80. The summed E-state index contributed by atoms with van der Waals surface area (Å²) in [6, 6.07) is 26.0. The van der Waals surface area contributed by atoms with Crippen molar-refractivity contribution in [1.29, 1.82) is 0 Å². The molecule has 2 heteroatoms. The number of aliphatic hydroxyl groups is 1. The second kappa shape index (κ2) is 8.50. The number of aryl methyl sites for hydroxylation is 1. The minimum Gasteiger partial charge on any atom is -0.489 e. The zero-order valence-corrected chi connectivity index (χ0v) is 14.6. The molecule has 1 atom stereocenters. The highest BCUT2D eigenvalue weighted by Gasteiger charge is 2.11. The first-order chi connectivity index (χ1) is 12.3. The maximum Gasteiger partial charge on any atom is 0.120 e. The summed E-state index contributed by atoms with van der Waals surface area (Å²) in [6.07, 6.45) is 1.55. The van der Waals surface area contributed by atoms with Gasteiger partial charge >= 0.3 is 0 Å². The minimum absolute atomic E-state index is 0.520. The van der Waals surface area contributed by atoms with E-state index in [9.17, 15) is 5.11 Å². The molecular weight excluding hydrogens is 308 g/mol. The van der Waals surface area contributed by atoms with Gasteiger partial charge in [0.25, 0.3) is 0 Å². The van der Waals surface area contributed by atoms with Crippen molar-refractivity contribution in [3.05, 3.63) is 101 Å². The van der Waals surface area contributed by atoms with Crippen LogP contribution in [0.1, 0.15) is 41.7 Å². The third-order valence-electron chi connectivity index (χ3n) is 4.26. The highest BCUT2D eigenvalue weighted by atomic mass is 16.5. The normalized spacial score (nSPS) is 11.9. The Bertz CT molecular complexity index is 779. The van der Waals surface area contributed by atoms with Gasteiger partial charge in [0.05, 0.1) is 0 Å². The lowest BCUT2D eigenvalue weighted by atomic mass is 9.99. The van der Waals surface area contributed by atoms with Crippen LogP contribution in [0.4, 0.5) is 0 Å². The van der Waals surface area contributed by atoms with Crippen LogP contribution in [0.2, 0.25) is 0 Å². The van der Waals surface area contributed by atoms with E-state index in [4.69, 9.17) is 4.74 Å². The molecule has 25 heavy (non-hydrogen) atoms. The molecule has 3 aromatic rings. The van der Waals surface area contributed by atoms with Crippen LogP contribution in [-0.2, 0) is 13.0 Å². The molecule has 3 rings (SSSR count). The highest BCUT2D eigenvalue weighted by Crippen LogP contribution is 2.26. The third-order valence-corrected chi connectivity index (χ3v) is 4.26. The molecule has 0 aliphatic rings. The van der Waals surface area contributed by atoms with E-state index in [1.54, 1.807) is 0 Å². The van der Waals surface area contributed by atoms with Gasteiger partial charge in [0.1, 0.15) is 18.5 Å². The second-order valence-corrected chi connectivity index (χ2v) is 6.24. The van der Waals surface area contributed by atoms with Crippen LogP contribution in [0.25, 0.3) is 0 Å². The molecule has 1 N–H and O–H groups in total. The van der Waals surface area contributed by atoms with E-state index in [0.717, 1.165) is 35.3 Å². The summed E-state index contributed by atoms with van der Waals surface area (Å²) in [5.41, 5.74) is 4.17. The maximum atomic E-state index is 10.7. The Labute approximate surface area is 149 Å². The predicted molar refractivity (Wildman–Crippen MR) is 102 cm³/mol. The Balaban J connectivity index is 1.69. The topological polar surface area (TPSA) is 29.5 Å². The Kier molecular flexibility index (Phi) is 5.86. The van der Waals surface area contributed by atoms with E-state index in [-0.39, 0.29) is 0 Å². The summed E-state index contributed by atoms with van der Waals surface area (Å²) in [5.74, 6) is 0.767. The number of benzene rings is 3. The second-order valence-electron chi connectivity index (χ2n) is 6.24. The number of hydrogen-bond donors (Lipinski definition) is 1. The van der Waals surface area contributed by atoms with Gasteiger partial charge in [-0.3, -0.25) is 0 Å². The van der Waals surface area contributed by atoms with Crippen LogP contribution >= 0.6 is 0 Å². The summed E-state index contributed by atoms with van der Waals surface area (Å²) in [5, 5.41) is 10.7. The van der Waals surface area contributed by atoms with Crippen LogP contribution in [0.5, 0.6) is 5.75 Å². The van der Waals surface area contributed by atoms with E-state index in [2.05, 4.69) is 19.1 Å². The predicted octanol–water partition coefficient (Wildman–Crippen LogP) is 5.30. The van der Waals surface area contributed by atoms with Gasteiger partial charge in [-0.25, -0.2) is 0 Å². The summed E-state index contributed by atoms with van der Waals surface area (Å²) < 4.78 is 5.86.